The van der Waals surface area contributed by atoms with Gasteiger partial charge in [-0.25, -0.2) is 0 Å². The van der Waals surface area contributed by atoms with Gasteiger partial charge in [0.05, 0.1) is 6.10 Å². The first-order chi connectivity index (χ1) is 12.6. The number of hydrogen-bond donors (Lipinski definition) is 1. The minimum absolute atomic E-state index is 0.0141. The quantitative estimate of drug-likeness (QED) is 0.581. The van der Waals surface area contributed by atoms with E-state index in [-0.39, 0.29) is 28.7 Å². The first-order valence-corrected chi connectivity index (χ1v) is 10.7. The van der Waals surface area contributed by atoms with Crippen LogP contribution in [0.15, 0.2) is 11.6 Å². The lowest BCUT2D eigenvalue weighted by Crippen LogP contribution is -2.58. The fraction of sp³-hybridized carbons (Fsp3) is 0.826. The van der Waals surface area contributed by atoms with E-state index in [0.717, 1.165) is 44.9 Å². The maximum absolute atomic E-state index is 12.7. The van der Waals surface area contributed by atoms with Crippen LogP contribution in [-0.2, 0) is 14.3 Å². The highest BCUT2D eigenvalue weighted by Crippen LogP contribution is 2.68. The van der Waals surface area contributed by atoms with E-state index in [1.165, 1.54) is 12.5 Å². The Hall–Kier alpha value is -1.16. The smallest absolute Gasteiger partial charge is 0.303 e. The largest absolute Gasteiger partial charge is 0.451 e. The third-order valence-corrected chi connectivity index (χ3v) is 9.08. The summed E-state index contributed by atoms with van der Waals surface area (Å²) in [6.45, 7) is 7.64. The van der Waals surface area contributed by atoms with Crippen molar-refractivity contribution in [3.05, 3.63) is 11.6 Å². The third-order valence-electron chi connectivity index (χ3n) is 9.08. The summed E-state index contributed by atoms with van der Waals surface area (Å²) in [4.78, 5) is 24.6. The molecule has 4 aliphatic carbocycles. The van der Waals surface area contributed by atoms with Gasteiger partial charge in [0.2, 0.25) is 0 Å². The van der Waals surface area contributed by atoms with Crippen LogP contribution in [0.25, 0.3) is 0 Å². The van der Waals surface area contributed by atoms with Crippen LogP contribution in [0.2, 0.25) is 0 Å². The van der Waals surface area contributed by atoms with Gasteiger partial charge in [-0.2, -0.15) is 0 Å². The molecule has 3 fully saturated rings. The van der Waals surface area contributed by atoms with Gasteiger partial charge in [0.25, 0.3) is 0 Å². The summed E-state index contributed by atoms with van der Waals surface area (Å²) < 4.78 is 5.82. The Bertz CT molecular complexity index is 696. The summed E-state index contributed by atoms with van der Waals surface area (Å²) in [5.41, 5.74) is 0.442. The monoisotopic (exact) mass is 374 g/mol. The number of allylic oxidation sites excluding steroid dienone is 1. The zero-order valence-corrected chi connectivity index (χ0v) is 17.2. The second-order valence-electron chi connectivity index (χ2n) is 10.1. The van der Waals surface area contributed by atoms with Crippen LogP contribution in [-0.4, -0.2) is 28.6 Å². The third kappa shape index (κ3) is 2.51. The van der Waals surface area contributed by atoms with Crippen molar-refractivity contribution in [3.63, 3.8) is 0 Å². The first-order valence-electron chi connectivity index (χ1n) is 10.7. The van der Waals surface area contributed by atoms with Crippen molar-refractivity contribution < 1.29 is 19.4 Å². The number of aliphatic hydroxyl groups excluding tert-OH is 1. The van der Waals surface area contributed by atoms with Crippen molar-refractivity contribution in [1.82, 2.24) is 0 Å². The van der Waals surface area contributed by atoms with Crippen molar-refractivity contribution >= 4 is 11.8 Å². The Morgan fingerprint density at radius 1 is 1.07 bits per heavy atom. The van der Waals surface area contributed by atoms with Gasteiger partial charge in [-0.3, -0.25) is 9.59 Å². The van der Waals surface area contributed by atoms with E-state index in [1.54, 1.807) is 6.92 Å². The normalized spacial score (nSPS) is 48.7. The molecule has 0 aromatic carbocycles. The minimum Gasteiger partial charge on any atom is -0.451 e. The summed E-state index contributed by atoms with van der Waals surface area (Å²) >= 11 is 0. The van der Waals surface area contributed by atoms with Gasteiger partial charge in [-0.1, -0.05) is 25.5 Å². The number of carbonyl (C=O) groups is 2. The topological polar surface area (TPSA) is 63.6 Å². The number of ether oxygens (including phenoxy) is 1. The number of rotatable bonds is 2. The lowest BCUT2D eigenvalue weighted by atomic mass is 9.46. The van der Waals surface area contributed by atoms with Crippen molar-refractivity contribution in [2.45, 2.75) is 90.8 Å². The standard InChI is InChI=1S/C23H34O4/c1-14(24)23(27-15(2)25)12-9-20-18-6-5-16-13-17(26)7-10-21(16,3)19(18)8-11-22(20,23)4/h5,17-20,26H,6-13H2,1-4H3/t17?,18-,19+,20+,21+,22+,23+/m1/s1. The maximum atomic E-state index is 12.7. The predicted octanol–water partition coefficient (Wildman–Crippen LogP) is 4.20. The second-order valence-corrected chi connectivity index (χ2v) is 10.1. The van der Waals surface area contributed by atoms with Gasteiger partial charge in [0.15, 0.2) is 11.4 Å². The van der Waals surface area contributed by atoms with E-state index in [1.807, 2.05) is 0 Å². The molecule has 0 heterocycles. The Morgan fingerprint density at radius 3 is 2.44 bits per heavy atom. The number of esters is 1. The van der Waals surface area contributed by atoms with Gasteiger partial charge in [-0.05, 0) is 81.5 Å². The van der Waals surface area contributed by atoms with Crippen molar-refractivity contribution in [2.24, 2.45) is 28.6 Å². The molecule has 4 rings (SSSR count). The molecule has 0 radical (unpaired) electrons. The molecule has 0 aliphatic heterocycles. The van der Waals surface area contributed by atoms with E-state index < -0.39 is 5.60 Å². The van der Waals surface area contributed by atoms with E-state index in [0.29, 0.717) is 24.2 Å². The predicted molar refractivity (Wildman–Crippen MR) is 103 cm³/mol. The molecule has 27 heavy (non-hydrogen) atoms. The number of aliphatic hydroxyl groups is 1. The number of fused-ring (bicyclic) bond motifs is 5. The molecule has 0 spiro atoms. The van der Waals surface area contributed by atoms with E-state index >= 15 is 0 Å². The van der Waals surface area contributed by atoms with Crippen LogP contribution in [0.3, 0.4) is 0 Å². The number of Topliss-reactive ketones (excluding diaryl/α,β-unsaturated/α-hetero) is 1. The van der Waals surface area contributed by atoms with E-state index in [2.05, 4.69) is 19.9 Å². The molecular weight excluding hydrogens is 340 g/mol. The highest BCUT2D eigenvalue weighted by molar-refractivity contribution is 5.89. The van der Waals surface area contributed by atoms with Crippen molar-refractivity contribution in [3.8, 4) is 0 Å². The van der Waals surface area contributed by atoms with Gasteiger partial charge in [0, 0.05) is 12.3 Å². The fourth-order valence-corrected chi connectivity index (χ4v) is 7.70. The average molecular weight is 375 g/mol. The number of hydrogen-bond acceptors (Lipinski definition) is 4. The molecule has 1 N–H and O–H groups in total. The first kappa shape index (κ1) is 19.2. The molecule has 150 valence electrons. The lowest BCUT2D eigenvalue weighted by Gasteiger charge is -2.59. The van der Waals surface area contributed by atoms with Crippen LogP contribution in [0.1, 0.15) is 79.1 Å². The Morgan fingerprint density at radius 2 is 1.78 bits per heavy atom. The molecule has 0 aromatic rings. The Kier molecular flexibility index (Phi) is 4.38. The van der Waals surface area contributed by atoms with E-state index in [9.17, 15) is 14.7 Å². The minimum atomic E-state index is -0.942. The van der Waals surface area contributed by atoms with Crippen molar-refractivity contribution in [2.75, 3.05) is 0 Å². The molecular formula is C23H34O4. The molecule has 4 heteroatoms. The lowest BCUT2D eigenvalue weighted by molar-refractivity contribution is -0.186. The molecule has 4 aliphatic rings. The van der Waals surface area contributed by atoms with Crippen LogP contribution < -0.4 is 0 Å². The number of ketones is 1. The molecule has 1 unspecified atom stereocenters. The summed E-state index contributed by atoms with van der Waals surface area (Å²) in [5.74, 6) is 1.25. The summed E-state index contributed by atoms with van der Waals surface area (Å²) in [5, 5.41) is 10.1. The van der Waals surface area contributed by atoms with Crippen LogP contribution >= 0.6 is 0 Å². The highest BCUT2D eigenvalue weighted by Gasteiger charge is 2.67. The molecule has 3 saturated carbocycles. The molecule has 0 saturated heterocycles. The highest BCUT2D eigenvalue weighted by atomic mass is 16.6. The summed E-state index contributed by atoms with van der Waals surface area (Å²) in [6.07, 6.45) is 9.68. The SMILES string of the molecule is CC(=O)O[C@]1(C(C)=O)CC[C@H]2[C@@H]3CC=C4CC(O)CC[C@]4(C)[C@H]3CC[C@@]21C. The van der Waals surface area contributed by atoms with Crippen LogP contribution in [0.4, 0.5) is 0 Å². The van der Waals surface area contributed by atoms with Crippen LogP contribution in [0.5, 0.6) is 0 Å². The summed E-state index contributed by atoms with van der Waals surface area (Å²) in [6, 6.07) is 0. The Balaban J connectivity index is 1.70. The molecule has 4 nitrogen and oxygen atoms in total. The Labute approximate surface area is 162 Å². The number of carbonyl (C=O) groups excluding carboxylic acids is 2. The molecule has 7 atom stereocenters. The van der Waals surface area contributed by atoms with Crippen LogP contribution in [0, 0.1) is 28.6 Å². The second kappa shape index (κ2) is 6.17. The zero-order chi connectivity index (χ0) is 19.6. The zero-order valence-electron chi connectivity index (χ0n) is 17.2. The van der Waals surface area contributed by atoms with E-state index in [4.69, 9.17) is 4.74 Å². The maximum Gasteiger partial charge on any atom is 0.303 e. The van der Waals surface area contributed by atoms with Gasteiger partial charge < -0.3 is 9.84 Å². The molecule has 0 amide bonds. The fourth-order valence-electron chi connectivity index (χ4n) is 7.70. The molecule has 0 aromatic heterocycles. The van der Waals surface area contributed by atoms with Gasteiger partial charge in [0.1, 0.15) is 0 Å². The average Bonchev–Trinajstić information content (AvgIpc) is 2.89. The summed E-state index contributed by atoms with van der Waals surface area (Å²) in [7, 11) is 0. The van der Waals surface area contributed by atoms with Gasteiger partial charge in [-0.15, -0.1) is 0 Å². The molecule has 0 bridgehead atoms. The van der Waals surface area contributed by atoms with Crippen molar-refractivity contribution in [1.29, 1.82) is 0 Å². The van der Waals surface area contributed by atoms with Gasteiger partial charge >= 0.3 is 5.97 Å².